The molecule has 27 heavy (non-hydrogen) atoms. The fourth-order valence-corrected chi connectivity index (χ4v) is 4.21. The van der Waals surface area contributed by atoms with Crippen LogP contribution < -0.4 is 9.47 Å². The Labute approximate surface area is 158 Å². The molecular formula is C19H21NO6S. The van der Waals surface area contributed by atoms with Crippen LogP contribution in [0, 0.1) is 6.92 Å². The van der Waals surface area contributed by atoms with Crippen molar-refractivity contribution in [2.45, 2.75) is 11.8 Å². The third-order valence-corrected chi connectivity index (χ3v) is 6.20. The van der Waals surface area contributed by atoms with Gasteiger partial charge in [0.15, 0.2) is 11.5 Å². The summed E-state index contributed by atoms with van der Waals surface area (Å²) in [4.78, 5) is 12.7. The van der Waals surface area contributed by atoms with Gasteiger partial charge in [0.1, 0.15) is 0 Å². The SMILES string of the molecule is COc1ccccc1OC(=O)c1cc(S(=O)(=O)N2CCOCC2)ccc1C. The quantitative estimate of drug-likeness (QED) is 0.574. The van der Waals surface area contributed by atoms with Gasteiger partial charge in [-0.05, 0) is 36.8 Å². The highest BCUT2D eigenvalue weighted by molar-refractivity contribution is 7.89. The van der Waals surface area contributed by atoms with Crippen LogP contribution in [-0.2, 0) is 14.8 Å². The Morgan fingerprint density at radius 3 is 2.41 bits per heavy atom. The van der Waals surface area contributed by atoms with E-state index in [1.165, 1.54) is 23.5 Å². The van der Waals surface area contributed by atoms with Gasteiger partial charge in [-0.2, -0.15) is 4.31 Å². The summed E-state index contributed by atoms with van der Waals surface area (Å²) in [5.74, 6) is 0.0439. The normalized spacial score (nSPS) is 15.3. The number of rotatable bonds is 5. The van der Waals surface area contributed by atoms with Gasteiger partial charge >= 0.3 is 5.97 Å². The molecule has 0 bridgehead atoms. The van der Waals surface area contributed by atoms with Gasteiger partial charge in [0, 0.05) is 13.1 Å². The molecule has 0 radical (unpaired) electrons. The van der Waals surface area contributed by atoms with Crippen molar-refractivity contribution in [2.75, 3.05) is 33.4 Å². The Bertz CT molecular complexity index is 935. The molecule has 0 atom stereocenters. The second-order valence-electron chi connectivity index (χ2n) is 6.03. The van der Waals surface area contributed by atoms with Gasteiger partial charge in [0.05, 0.1) is 30.8 Å². The Morgan fingerprint density at radius 2 is 1.74 bits per heavy atom. The number of sulfonamides is 1. The highest BCUT2D eigenvalue weighted by Gasteiger charge is 2.27. The van der Waals surface area contributed by atoms with E-state index in [1.54, 1.807) is 37.3 Å². The van der Waals surface area contributed by atoms with Crippen LogP contribution in [0.1, 0.15) is 15.9 Å². The molecule has 0 N–H and O–H groups in total. The van der Waals surface area contributed by atoms with E-state index < -0.39 is 16.0 Å². The van der Waals surface area contributed by atoms with Crippen molar-refractivity contribution >= 4 is 16.0 Å². The maximum atomic E-state index is 12.8. The van der Waals surface area contributed by atoms with E-state index in [-0.39, 0.29) is 29.3 Å². The predicted octanol–water partition coefficient (Wildman–Crippen LogP) is 2.24. The third-order valence-electron chi connectivity index (χ3n) is 4.31. The number of hydrogen-bond acceptors (Lipinski definition) is 6. The topological polar surface area (TPSA) is 82.1 Å². The van der Waals surface area contributed by atoms with Gasteiger partial charge in [0.25, 0.3) is 0 Å². The summed E-state index contributed by atoms with van der Waals surface area (Å²) in [5.41, 5.74) is 0.811. The van der Waals surface area contributed by atoms with E-state index in [4.69, 9.17) is 14.2 Å². The average molecular weight is 391 g/mol. The zero-order chi connectivity index (χ0) is 19.4. The van der Waals surface area contributed by atoms with Crippen LogP contribution in [0.4, 0.5) is 0 Å². The van der Waals surface area contributed by atoms with Gasteiger partial charge in [-0.1, -0.05) is 18.2 Å². The number of carbonyl (C=O) groups excluding carboxylic acids is 1. The number of carbonyl (C=O) groups is 1. The summed E-state index contributed by atoms with van der Waals surface area (Å²) in [6.45, 7) is 3.01. The number of nitrogens with zero attached hydrogens (tertiary/aromatic N) is 1. The second kappa shape index (κ2) is 8.08. The molecule has 3 rings (SSSR count). The maximum Gasteiger partial charge on any atom is 0.343 e. The lowest BCUT2D eigenvalue weighted by Crippen LogP contribution is -2.40. The number of aryl methyl sites for hydroxylation is 1. The van der Waals surface area contributed by atoms with Crippen LogP contribution in [-0.4, -0.2) is 52.1 Å². The Hall–Kier alpha value is -2.42. The molecule has 0 aliphatic carbocycles. The molecule has 0 spiro atoms. The summed E-state index contributed by atoms with van der Waals surface area (Å²) in [6.07, 6.45) is 0. The van der Waals surface area contributed by atoms with Crippen molar-refractivity contribution in [1.29, 1.82) is 0 Å². The average Bonchev–Trinajstić information content (AvgIpc) is 2.69. The van der Waals surface area contributed by atoms with Crippen LogP contribution in [0.2, 0.25) is 0 Å². The minimum Gasteiger partial charge on any atom is -0.493 e. The van der Waals surface area contributed by atoms with E-state index in [0.29, 0.717) is 24.5 Å². The van der Waals surface area contributed by atoms with Crippen LogP contribution in [0.5, 0.6) is 11.5 Å². The molecule has 2 aromatic carbocycles. The van der Waals surface area contributed by atoms with E-state index in [0.717, 1.165) is 0 Å². The van der Waals surface area contributed by atoms with Crippen LogP contribution >= 0.6 is 0 Å². The van der Waals surface area contributed by atoms with Gasteiger partial charge in [-0.3, -0.25) is 0 Å². The third kappa shape index (κ3) is 4.13. The van der Waals surface area contributed by atoms with Gasteiger partial charge in [-0.25, -0.2) is 13.2 Å². The van der Waals surface area contributed by atoms with Crippen LogP contribution in [0.15, 0.2) is 47.4 Å². The fraction of sp³-hybridized carbons (Fsp3) is 0.316. The smallest absolute Gasteiger partial charge is 0.343 e. The summed E-state index contributed by atoms with van der Waals surface area (Å²) < 4.78 is 42.8. The number of esters is 1. The van der Waals surface area contributed by atoms with E-state index in [9.17, 15) is 13.2 Å². The molecule has 0 amide bonds. The standard InChI is InChI=1S/C19H21NO6S/c1-14-7-8-15(27(22,23)20-9-11-25-12-10-20)13-16(14)19(21)26-18-6-4-3-5-17(18)24-2/h3-8,13H,9-12H2,1-2H3. The lowest BCUT2D eigenvalue weighted by atomic mass is 10.1. The summed E-state index contributed by atoms with van der Waals surface area (Å²) >= 11 is 0. The summed E-state index contributed by atoms with van der Waals surface area (Å²) in [6, 6.07) is 11.2. The molecule has 1 aliphatic heterocycles. The molecule has 0 unspecified atom stereocenters. The highest BCUT2D eigenvalue weighted by Crippen LogP contribution is 2.28. The molecule has 144 valence electrons. The monoisotopic (exact) mass is 391 g/mol. The number of hydrogen-bond donors (Lipinski definition) is 0. The Balaban J connectivity index is 1.90. The van der Waals surface area contributed by atoms with Crippen molar-refractivity contribution in [3.05, 3.63) is 53.6 Å². The zero-order valence-corrected chi connectivity index (χ0v) is 16.0. The molecular weight excluding hydrogens is 370 g/mol. The minimum absolute atomic E-state index is 0.0574. The molecule has 1 aliphatic rings. The molecule has 8 heteroatoms. The Morgan fingerprint density at radius 1 is 1.07 bits per heavy atom. The first-order valence-electron chi connectivity index (χ1n) is 8.47. The summed E-state index contributed by atoms with van der Waals surface area (Å²) in [7, 11) is -2.22. The molecule has 1 fully saturated rings. The predicted molar refractivity (Wildman–Crippen MR) is 98.7 cm³/mol. The number of ether oxygens (including phenoxy) is 3. The first-order valence-corrected chi connectivity index (χ1v) is 9.91. The van der Waals surface area contributed by atoms with Crippen molar-refractivity contribution in [2.24, 2.45) is 0 Å². The highest BCUT2D eigenvalue weighted by atomic mass is 32.2. The molecule has 7 nitrogen and oxygen atoms in total. The number of morpholine rings is 1. The molecule has 2 aromatic rings. The molecule has 1 saturated heterocycles. The zero-order valence-electron chi connectivity index (χ0n) is 15.2. The van der Waals surface area contributed by atoms with E-state index in [1.807, 2.05) is 0 Å². The number of benzene rings is 2. The first kappa shape index (κ1) is 19.3. The van der Waals surface area contributed by atoms with Crippen LogP contribution in [0.3, 0.4) is 0 Å². The first-order chi connectivity index (χ1) is 12.9. The van der Waals surface area contributed by atoms with E-state index in [2.05, 4.69) is 0 Å². The summed E-state index contributed by atoms with van der Waals surface area (Å²) in [5, 5.41) is 0. The lowest BCUT2D eigenvalue weighted by Gasteiger charge is -2.26. The van der Waals surface area contributed by atoms with Gasteiger partial charge in [0.2, 0.25) is 10.0 Å². The molecule has 1 heterocycles. The van der Waals surface area contributed by atoms with Crippen molar-refractivity contribution < 1.29 is 27.4 Å². The fourth-order valence-electron chi connectivity index (χ4n) is 2.78. The molecule has 0 saturated carbocycles. The largest absolute Gasteiger partial charge is 0.493 e. The van der Waals surface area contributed by atoms with Crippen molar-refractivity contribution in [3.8, 4) is 11.5 Å². The number of methoxy groups -OCH3 is 1. The van der Waals surface area contributed by atoms with Gasteiger partial charge in [-0.15, -0.1) is 0 Å². The number of para-hydroxylation sites is 2. The Kier molecular flexibility index (Phi) is 5.79. The van der Waals surface area contributed by atoms with Crippen LogP contribution in [0.25, 0.3) is 0 Å². The van der Waals surface area contributed by atoms with Gasteiger partial charge < -0.3 is 14.2 Å². The molecule has 0 aromatic heterocycles. The lowest BCUT2D eigenvalue weighted by molar-refractivity contribution is 0.0724. The second-order valence-corrected chi connectivity index (χ2v) is 7.97. The van der Waals surface area contributed by atoms with Crippen molar-refractivity contribution in [3.63, 3.8) is 0 Å². The van der Waals surface area contributed by atoms with E-state index >= 15 is 0 Å². The maximum absolute atomic E-state index is 12.8. The van der Waals surface area contributed by atoms with Crippen molar-refractivity contribution in [1.82, 2.24) is 4.31 Å². The minimum atomic E-state index is -3.70.